The van der Waals surface area contributed by atoms with Crippen molar-refractivity contribution in [3.63, 3.8) is 0 Å². The first-order chi connectivity index (χ1) is 13.2. The highest BCUT2D eigenvalue weighted by Gasteiger charge is 2.56. The van der Waals surface area contributed by atoms with E-state index in [2.05, 4.69) is 95.6 Å². The number of rotatable bonds is 7. The maximum absolute atomic E-state index is 2.56. The first-order valence-electron chi connectivity index (χ1n) is 11.4. The van der Waals surface area contributed by atoms with Crippen molar-refractivity contribution in [3.05, 3.63) is 53.7 Å². The van der Waals surface area contributed by atoms with Gasteiger partial charge in [-0.1, -0.05) is 66.0 Å². The number of hydrogen-bond acceptors (Lipinski definition) is 0. The number of benzene rings is 1. The van der Waals surface area contributed by atoms with E-state index < -0.39 is 0 Å². The van der Waals surface area contributed by atoms with Crippen LogP contribution in [0.15, 0.2) is 42.6 Å². The molecule has 0 fully saturated rings. The van der Waals surface area contributed by atoms with E-state index in [1.54, 1.807) is 5.56 Å². The third-order valence-corrected chi connectivity index (χ3v) is 8.05. The first kappa shape index (κ1) is 21.1. The second kappa shape index (κ2) is 7.65. The zero-order valence-electron chi connectivity index (χ0n) is 19.2. The van der Waals surface area contributed by atoms with Crippen LogP contribution in [0.4, 0.5) is 0 Å². The number of nitrogens with zero attached hydrogens (tertiary/aromatic N) is 1. The summed E-state index contributed by atoms with van der Waals surface area (Å²) in [6.45, 7) is 16.8. The van der Waals surface area contributed by atoms with E-state index in [0.29, 0.717) is 0 Å². The Morgan fingerprint density at radius 2 is 1.68 bits per heavy atom. The smallest absolute Gasteiger partial charge is 0.192 e. The maximum atomic E-state index is 2.56. The van der Waals surface area contributed by atoms with Crippen molar-refractivity contribution in [1.29, 1.82) is 0 Å². The molecule has 0 N–H and O–H groups in total. The lowest BCUT2D eigenvalue weighted by molar-refractivity contribution is -0.765. The predicted molar refractivity (Wildman–Crippen MR) is 121 cm³/mol. The Hall–Kier alpha value is -1.63. The molecule has 2 atom stereocenters. The second-order valence-electron chi connectivity index (χ2n) is 9.87. The number of aromatic nitrogens is 1. The van der Waals surface area contributed by atoms with Crippen molar-refractivity contribution in [1.82, 2.24) is 0 Å². The van der Waals surface area contributed by atoms with Crippen LogP contribution in [0.5, 0.6) is 0 Å². The Morgan fingerprint density at radius 3 is 2.32 bits per heavy atom. The Balaban J connectivity index is 2.19. The summed E-state index contributed by atoms with van der Waals surface area (Å²) < 4.78 is 2.55. The summed E-state index contributed by atoms with van der Waals surface area (Å²) in [5, 5.41) is 0. The Kier molecular flexibility index (Phi) is 5.76. The summed E-state index contributed by atoms with van der Waals surface area (Å²) in [4.78, 5) is 0. The molecule has 0 saturated heterocycles. The molecule has 0 radical (unpaired) electrons. The lowest BCUT2D eigenvalue weighted by Crippen LogP contribution is -2.67. The number of hydrogen-bond donors (Lipinski definition) is 0. The van der Waals surface area contributed by atoms with E-state index in [-0.39, 0.29) is 16.4 Å². The monoisotopic (exact) mass is 378 g/mol. The Bertz CT molecular complexity index is 834. The SMILES string of the molecule is CCCCCC(C)(C)c1ccc2c(c1)C(C)(CC)C(C)(CC)[n+]1ccccc1-2. The van der Waals surface area contributed by atoms with E-state index in [1.807, 2.05) is 0 Å². The van der Waals surface area contributed by atoms with E-state index in [4.69, 9.17) is 0 Å². The van der Waals surface area contributed by atoms with Crippen LogP contribution in [0, 0.1) is 0 Å². The lowest BCUT2D eigenvalue weighted by atomic mass is 9.60. The molecule has 1 nitrogen and oxygen atoms in total. The summed E-state index contributed by atoms with van der Waals surface area (Å²) in [5.74, 6) is 0. The van der Waals surface area contributed by atoms with Gasteiger partial charge in [0.15, 0.2) is 11.7 Å². The predicted octanol–water partition coefficient (Wildman–Crippen LogP) is 7.31. The van der Waals surface area contributed by atoms with Crippen LogP contribution < -0.4 is 4.57 Å². The van der Waals surface area contributed by atoms with Gasteiger partial charge in [-0.2, -0.15) is 4.57 Å². The zero-order valence-corrected chi connectivity index (χ0v) is 19.2. The minimum Gasteiger partial charge on any atom is -0.192 e. The average Bonchev–Trinajstić information content (AvgIpc) is 2.71. The fourth-order valence-corrected chi connectivity index (χ4v) is 5.39. The molecule has 1 aromatic carbocycles. The Morgan fingerprint density at radius 1 is 0.929 bits per heavy atom. The van der Waals surface area contributed by atoms with Crippen molar-refractivity contribution in [2.75, 3.05) is 0 Å². The van der Waals surface area contributed by atoms with E-state index in [1.165, 1.54) is 42.5 Å². The van der Waals surface area contributed by atoms with Gasteiger partial charge in [0, 0.05) is 25.5 Å². The molecule has 2 aromatic rings. The Labute approximate surface area is 173 Å². The van der Waals surface area contributed by atoms with Gasteiger partial charge in [-0.3, -0.25) is 0 Å². The van der Waals surface area contributed by atoms with E-state index in [9.17, 15) is 0 Å². The van der Waals surface area contributed by atoms with Crippen molar-refractivity contribution in [3.8, 4) is 11.3 Å². The van der Waals surface area contributed by atoms with Gasteiger partial charge in [0.2, 0.25) is 5.69 Å². The summed E-state index contributed by atoms with van der Waals surface area (Å²) in [5.41, 5.74) is 6.26. The molecule has 1 aliphatic rings. The van der Waals surface area contributed by atoms with Crippen LogP contribution in [-0.4, -0.2) is 0 Å². The van der Waals surface area contributed by atoms with Gasteiger partial charge in [-0.25, -0.2) is 0 Å². The minimum atomic E-state index is 0.0797. The topological polar surface area (TPSA) is 3.88 Å². The third kappa shape index (κ3) is 3.11. The van der Waals surface area contributed by atoms with Gasteiger partial charge >= 0.3 is 0 Å². The van der Waals surface area contributed by atoms with Crippen LogP contribution in [0.3, 0.4) is 0 Å². The molecule has 2 unspecified atom stereocenters. The van der Waals surface area contributed by atoms with Crippen molar-refractivity contribution in [2.24, 2.45) is 0 Å². The normalized spacial score (nSPS) is 24.0. The molecule has 2 heterocycles. The molecular weight excluding hydrogens is 338 g/mol. The molecule has 1 aliphatic heterocycles. The van der Waals surface area contributed by atoms with Gasteiger partial charge in [0.25, 0.3) is 0 Å². The van der Waals surface area contributed by atoms with Gasteiger partial charge in [-0.05, 0) is 48.4 Å². The highest BCUT2D eigenvalue weighted by Crippen LogP contribution is 2.50. The van der Waals surface area contributed by atoms with Crippen molar-refractivity contribution >= 4 is 0 Å². The van der Waals surface area contributed by atoms with Crippen LogP contribution in [0.2, 0.25) is 0 Å². The first-order valence-corrected chi connectivity index (χ1v) is 11.4. The zero-order chi connectivity index (χ0) is 20.6. The fourth-order valence-electron chi connectivity index (χ4n) is 5.39. The van der Waals surface area contributed by atoms with Crippen LogP contribution >= 0.6 is 0 Å². The molecule has 0 spiro atoms. The highest BCUT2D eigenvalue weighted by molar-refractivity contribution is 5.66. The number of unbranched alkanes of at least 4 members (excludes halogenated alkanes) is 2. The quantitative estimate of drug-likeness (QED) is 0.351. The molecule has 0 aliphatic carbocycles. The second-order valence-corrected chi connectivity index (χ2v) is 9.87. The lowest BCUT2D eigenvalue weighted by Gasteiger charge is -2.46. The fraction of sp³-hybridized carbons (Fsp3) is 0.593. The molecule has 3 rings (SSSR count). The largest absolute Gasteiger partial charge is 0.213 e. The van der Waals surface area contributed by atoms with Gasteiger partial charge in [0.1, 0.15) is 0 Å². The third-order valence-electron chi connectivity index (χ3n) is 8.05. The molecule has 1 heteroatoms. The summed E-state index contributed by atoms with van der Waals surface area (Å²) >= 11 is 0. The molecule has 0 saturated carbocycles. The van der Waals surface area contributed by atoms with Gasteiger partial charge < -0.3 is 0 Å². The van der Waals surface area contributed by atoms with E-state index >= 15 is 0 Å². The molecule has 152 valence electrons. The van der Waals surface area contributed by atoms with Gasteiger partial charge in [0.05, 0.1) is 11.0 Å². The average molecular weight is 379 g/mol. The van der Waals surface area contributed by atoms with Crippen molar-refractivity contribution < 1.29 is 4.57 Å². The number of pyridine rings is 1. The molecule has 1 aromatic heterocycles. The highest BCUT2D eigenvalue weighted by atomic mass is 15.1. The maximum Gasteiger partial charge on any atom is 0.213 e. The molecular formula is C27H40N+. The summed E-state index contributed by atoms with van der Waals surface area (Å²) in [7, 11) is 0. The summed E-state index contributed by atoms with van der Waals surface area (Å²) in [6.07, 6.45) is 9.76. The molecule has 0 amide bonds. The van der Waals surface area contributed by atoms with Crippen molar-refractivity contribution in [2.45, 2.75) is 103 Å². The number of fused-ring (bicyclic) bond motifs is 3. The van der Waals surface area contributed by atoms with E-state index in [0.717, 1.165) is 12.8 Å². The molecule has 28 heavy (non-hydrogen) atoms. The van der Waals surface area contributed by atoms with Crippen LogP contribution in [-0.2, 0) is 16.4 Å². The molecule has 0 bridgehead atoms. The summed E-state index contributed by atoms with van der Waals surface area (Å²) in [6, 6.07) is 14.0. The standard InChI is InChI=1S/C27H40N/c1-8-11-13-18-25(4,5)21-16-17-22-23(20-21)26(6,9-2)27(7,10-3)28-19-14-12-15-24(22)28/h12,14-17,19-20H,8-11,13,18H2,1-7H3/q+1. The van der Waals surface area contributed by atoms with Crippen LogP contribution in [0.1, 0.15) is 98.1 Å². The van der Waals surface area contributed by atoms with Crippen LogP contribution in [0.25, 0.3) is 11.3 Å². The van der Waals surface area contributed by atoms with Gasteiger partial charge in [-0.15, -0.1) is 0 Å². The minimum absolute atomic E-state index is 0.0797.